The fraction of sp³-hybridized carbons (Fsp3) is 0.357. The van der Waals surface area contributed by atoms with Crippen molar-refractivity contribution < 1.29 is 0 Å². The van der Waals surface area contributed by atoms with Gasteiger partial charge >= 0.3 is 0 Å². The highest BCUT2D eigenvalue weighted by atomic mass is 35.5. The van der Waals surface area contributed by atoms with E-state index in [2.05, 4.69) is 21.8 Å². The summed E-state index contributed by atoms with van der Waals surface area (Å²) < 4.78 is 2.14. The summed E-state index contributed by atoms with van der Waals surface area (Å²) in [6, 6.07) is 6.37. The first kappa shape index (κ1) is 11.8. The van der Waals surface area contributed by atoms with Gasteiger partial charge in [-0.25, -0.2) is 4.98 Å². The van der Waals surface area contributed by atoms with Gasteiger partial charge in [0.05, 0.1) is 23.9 Å². The molecule has 1 aliphatic rings. The molecule has 1 aromatic carbocycles. The number of nitrogens with zero attached hydrogens (tertiary/aromatic N) is 2. The van der Waals surface area contributed by atoms with Crippen LogP contribution in [0.25, 0.3) is 5.69 Å². The molecule has 0 bridgehead atoms. The van der Waals surface area contributed by atoms with Gasteiger partial charge in [-0.15, -0.1) is 0 Å². The molecule has 1 fully saturated rings. The molecule has 1 unspecified atom stereocenters. The Morgan fingerprint density at radius 2 is 2.33 bits per heavy atom. The Hall–Kier alpha value is -1.32. The van der Waals surface area contributed by atoms with Crippen molar-refractivity contribution in [3.8, 4) is 5.69 Å². The standard InChI is InChI=1S/C14H16ClN3/c1-10-4-5-11(15)7-13(10)18-9-16-8-14(18)12-3-2-6-17-12/h4-5,7-9,12,17H,2-3,6H2,1H3. The number of benzene rings is 1. The van der Waals surface area contributed by atoms with E-state index in [1.807, 2.05) is 30.7 Å². The molecule has 2 aromatic rings. The summed E-state index contributed by atoms with van der Waals surface area (Å²) in [4.78, 5) is 4.29. The Bertz CT molecular complexity index is 556. The molecule has 0 aliphatic carbocycles. The number of hydrogen-bond donors (Lipinski definition) is 1. The van der Waals surface area contributed by atoms with Crippen LogP contribution in [0.3, 0.4) is 0 Å². The van der Waals surface area contributed by atoms with Crippen LogP contribution in [-0.4, -0.2) is 16.1 Å². The van der Waals surface area contributed by atoms with E-state index in [0.717, 1.165) is 17.3 Å². The van der Waals surface area contributed by atoms with Gasteiger partial charge in [0.2, 0.25) is 0 Å². The van der Waals surface area contributed by atoms with E-state index in [0.29, 0.717) is 6.04 Å². The maximum Gasteiger partial charge on any atom is 0.0994 e. The lowest BCUT2D eigenvalue weighted by atomic mass is 10.1. The first-order valence-corrected chi connectivity index (χ1v) is 6.65. The first-order chi connectivity index (χ1) is 8.75. The van der Waals surface area contributed by atoms with E-state index >= 15 is 0 Å². The summed E-state index contributed by atoms with van der Waals surface area (Å²) in [7, 11) is 0. The van der Waals surface area contributed by atoms with Gasteiger partial charge in [0.25, 0.3) is 0 Å². The Kier molecular flexibility index (Phi) is 3.10. The molecule has 0 spiro atoms. The lowest BCUT2D eigenvalue weighted by Gasteiger charge is -2.15. The second-order valence-corrected chi connectivity index (χ2v) is 5.20. The van der Waals surface area contributed by atoms with Crippen molar-refractivity contribution in [3.05, 3.63) is 47.0 Å². The molecule has 1 N–H and O–H groups in total. The third-order valence-electron chi connectivity index (χ3n) is 3.52. The van der Waals surface area contributed by atoms with E-state index in [-0.39, 0.29) is 0 Å². The maximum absolute atomic E-state index is 6.10. The summed E-state index contributed by atoms with van der Waals surface area (Å²) in [5.41, 5.74) is 3.54. The number of rotatable bonds is 2. The minimum absolute atomic E-state index is 0.408. The molecule has 1 saturated heterocycles. The van der Waals surface area contributed by atoms with Crippen LogP contribution >= 0.6 is 11.6 Å². The van der Waals surface area contributed by atoms with Crippen LogP contribution in [0.2, 0.25) is 5.02 Å². The Labute approximate surface area is 112 Å². The van der Waals surface area contributed by atoms with Gasteiger partial charge in [-0.2, -0.15) is 0 Å². The molecule has 2 heterocycles. The van der Waals surface area contributed by atoms with E-state index in [4.69, 9.17) is 11.6 Å². The third kappa shape index (κ3) is 2.04. The van der Waals surface area contributed by atoms with E-state index in [1.165, 1.54) is 24.1 Å². The summed E-state index contributed by atoms with van der Waals surface area (Å²) in [6.07, 6.45) is 6.22. The van der Waals surface area contributed by atoms with Crippen LogP contribution in [-0.2, 0) is 0 Å². The number of aryl methyl sites for hydroxylation is 1. The molecular weight excluding hydrogens is 246 g/mol. The van der Waals surface area contributed by atoms with Gasteiger partial charge in [-0.3, -0.25) is 0 Å². The maximum atomic E-state index is 6.10. The lowest BCUT2D eigenvalue weighted by Crippen LogP contribution is -2.16. The highest BCUT2D eigenvalue weighted by molar-refractivity contribution is 6.30. The molecule has 0 radical (unpaired) electrons. The number of halogens is 1. The van der Waals surface area contributed by atoms with Crippen molar-refractivity contribution in [2.24, 2.45) is 0 Å². The average molecular weight is 262 g/mol. The van der Waals surface area contributed by atoms with Crippen LogP contribution in [0.5, 0.6) is 0 Å². The molecule has 18 heavy (non-hydrogen) atoms. The number of hydrogen-bond acceptors (Lipinski definition) is 2. The highest BCUT2D eigenvalue weighted by Gasteiger charge is 2.20. The zero-order valence-corrected chi connectivity index (χ0v) is 11.1. The molecule has 3 rings (SSSR count). The molecule has 4 heteroatoms. The molecule has 0 amide bonds. The summed E-state index contributed by atoms with van der Waals surface area (Å²) >= 11 is 6.10. The fourth-order valence-corrected chi connectivity index (χ4v) is 2.71. The second-order valence-electron chi connectivity index (χ2n) is 4.77. The van der Waals surface area contributed by atoms with E-state index < -0.39 is 0 Å². The zero-order chi connectivity index (χ0) is 12.5. The van der Waals surface area contributed by atoms with Crippen molar-refractivity contribution in [1.82, 2.24) is 14.9 Å². The quantitative estimate of drug-likeness (QED) is 0.899. The number of nitrogens with one attached hydrogen (secondary N) is 1. The Balaban J connectivity index is 2.06. The van der Waals surface area contributed by atoms with Crippen LogP contribution < -0.4 is 5.32 Å². The van der Waals surface area contributed by atoms with Gasteiger partial charge in [-0.1, -0.05) is 17.7 Å². The first-order valence-electron chi connectivity index (χ1n) is 6.28. The van der Waals surface area contributed by atoms with E-state index in [1.54, 1.807) is 0 Å². The minimum Gasteiger partial charge on any atom is -0.309 e. The van der Waals surface area contributed by atoms with Gasteiger partial charge in [0.1, 0.15) is 0 Å². The highest BCUT2D eigenvalue weighted by Crippen LogP contribution is 2.27. The number of aromatic nitrogens is 2. The Morgan fingerprint density at radius 3 is 3.11 bits per heavy atom. The molecule has 3 nitrogen and oxygen atoms in total. The van der Waals surface area contributed by atoms with Gasteiger partial charge in [0, 0.05) is 11.1 Å². The van der Waals surface area contributed by atoms with Crippen LogP contribution in [0, 0.1) is 6.92 Å². The fourth-order valence-electron chi connectivity index (χ4n) is 2.54. The molecule has 1 aromatic heterocycles. The minimum atomic E-state index is 0.408. The second kappa shape index (κ2) is 4.75. The largest absolute Gasteiger partial charge is 0.309 e. The normalized spacial score (nSPS) is 19.3. The third-order valence-corrected chi connectivity index (χ3v) is 3.75. The van der Waals surface area contributed by atoms with Crippen LogP contribution in [0.4, 0.5) is 0 Å². The summed E-state index contributed by atoms with van der Waals surface area (Å²) in [5, 5.41) is 4.27. The molecule has 1 aliphatic heterocycles. The van der Waals surface area contributed by atoms with Crippen molar-refractivity contribution in [2.75, 3.05) is 6.54 Å². The predicted octanol–water partition coefficient (Wildman–Crippen LogP) is 3.26. The van der Waals surface area contributed by atoms with Crippen molar-refractivity contribution in [2.45, 2.75) is 25.8 Å². The van der Waals surface area contributed by atoms with E-state index in [9.17, 15) is 0 Å². The molecule has 1 atom stereocenters. The summed E-state index contributed by atoms with van der Waals surface area (Å²) in [5.74, 6) is 0. The smallest absolute Gasteiger partial charge is 0.0994 e. The topological polar surface area (TPSA) is 29.9 Å². The SMILES string of the molecule is Cc1ccc(Cl)cc1-n1cncc1C1CCCN1. The molecule has 94 valence electrons. The van der Waals surface area contributed by atoms with Gasteiger partial charge in [0.15, 0.2) is 0 Å². The summed E-state index contributed by atoms with van der Waals surface area (Å²) in [6.45, 7) is 3.18. The van der Waals surface area contributed by atoms with Crippen LogP contribution in [0.15, 0.2) is 30.7 Å². The monoisotopic (exact) mass is 261 g/mol. The number of imidazole rings is 1. The Morgan fingerprint density at radius 1 is 1.44 bits per heavy atom. The zero-order valence-electron chi connectivity index (χ0n) is 10.4. The van der Waals surface area contributed by atoms with Crippen molar-refractivity contribution in [1.29, 1.82) is 0 Å². The average Bonchev–Trinajstić information content (AvgIpc) is 3.00. The lowest BCUT2D eigenvalue weighted by molar-refractivity contribution is 0.615. The molecule has 0 saturated carbocycles. The van der Waals surface area contributed by atoms with Crippen LogP contribution in [0.1, 0.15) is 30.1 Å². The van der Waals surface area contributed by atoms with Gasteiger partial charge < -0.3 is 9.88 Å². The van der Waals surface area contributed by atoms with Crippen molar-refractivity contribution >= 4 is 11.6 Å². The van der Waals surface area contributed by atoms with Gasteiger partial charge in [-0.05, 0) is 44.0 Å². The molecular formula is C14H16ClN3. The predicted molar refractivity (Wildman–Crippen MR) is 73.3 cm³/mol. The van der Waals surface area contributed by atoms with Crippen molar-refractivity contribution in [3.63, 3.8) is 0 Å².